The van der Waals surface area contributed by atoms with Crippen molar-refractivity contribution in [2.75, 3.05) is 6.54 Å². The molecule has 1 aromatic heterocycles. The van der Waals surface area contributed by atoms with Gasteiger partial charge in [-0.25, -0.2) is 8.42 Å². The zero-order valence-corrected chi connectivity index (χ0v) is 12.6. The van der Waals surface area contributed by atoms with Crippen molar-refractivity contribution in [3.63, 3.8) is 0 Å². The first-order chi connectivity index (χ1) is 10.0. The maximum absolute atomic E-state index is 12.6. The Morgan fingerprint density at radius 2 is 2.05 bits per heavy atom. The number of hydrogen-bond acceptors (Lipinski definition) is 5. The molecule has 0 saturated heterocycles. The molecule has 2 heterocycles. The molecule has 7 heteroatoms. The fraction of sp³-hybridized carbons (Fsp3) is 0.214. The Morgan fingerprint density at radius 3 is 2.76 bits per heavy atom. The van der Waals surface area contributed by atoms with Gasteiger partial charge in [0.25, 0.3) is 10.0 Å². The van der Waals surface area contributed by atoms with Crippen LogP contribution in [0.2, 0.25) is 0 Å². The fourth-order valence-corrected chi connectivity index (χ4v) is 5.05. The molecule has 0 saturated carbocycles. The largest absolute Gasteiger partial charge is 0.508 e. The Balaban J connectivity index is 1.93. The molecule has 0 fully saturated rings. The van der Waals surface area contributed by atoms with Crippen molar-refractivity contribution < 1.29 is 13.5 Å². The SMILES string of the molecule is N#Cc1ccc(S(=O)(=O)N2CCc3ccc(O)cc3C2)s1. The molecule has 1 aromatic carbocycles. The number of rotatable bonds is 2. The molecule has 0 atom stereocenters. The molecular weight excluding hydrogens is 308 g/mol. The van der Waals surface area contributed by atoms with E-state index in [0.29, 0.717) is 17.8 Å². The summed E-state index contributed by atoms with van der Waals surface area (Å²) in [5, 5.41) is 18.3. The van der Waals surface area contributed by atoms with Crippen LogP contribution < -0.4 is 0 Å². The fourth-order valence-electron chi connectivity index (χ4n) is 2.37. The van der Waals surface area contributed by atoms with Crippen LogP contribution in [0.15, 0.2) is 34.5 Å². The monoisotopic (exact) mass is 320 g/mol. The van der Waals surface area contributed by atoms with E-state index in [-0.39, 0.29) is 16.5 Å². The number of nitrogens with zero attached hydrogens (tertiary/aromatic N) is 2. The molecule has 1 N–H and O–H groups in total. The zero-order chi connectivity index (χ0) is 15.0. The zero-order valence-electron chi connectivity index (χ0n) is 11.0. The number of fused-ring (bicyclic) bond motifs is 1. The Bertz CT molecular complexity index is 834. The van der Waals surface area contributed by atoms with Gasteiger partial charge < -0.3 is 5.11 Å². The molecular formula is C14H12N2O3S2. The van der Waals surface area contributed by atoms with Crippen molar-refractivity contribution in [3.05, 3.63) is 46.3 Å². The lowest BCUT2D eigenvalue weighted by molar-refractivity contribution is 0.390. The predicted molar refractivity (Wildman–Crippen MR) is 78.4 cm³/mol. The van der Waals surface area contributed by atoms with Crippen LogP contribution in [0, 0.1) is 11.3 Å². The molecule has 0 aliphatic carbocycles. The summed E-state index contributed by atoms with van der Waals surface area (Å²) in [4.78, 5) is 0.378. The molecule has 0 amide bonds. The first kappa shape index (κ1) is 14.1. The molecule has 1 aliphatic heterocycles. The number of phenolic OH excluding ortho intramolecular Hbond substituents is 1. The van der Waals surface area contributed by atoms with Crippen LogP contribution in [0.25, 0.3) is 0 Å². The number of benzene rings is 1. The van der Waals surface area contributed by atoms with E-state index in [1.165, 1.54) is 16.4 Å². The molecule has 21 heavy (non-hydrogen) atoms. The van der Waals surface area contributed by atoms with E-state index in [2.05, 4.69) is 0 Å². The highest BCUT2D eigenvalue weighted by atomic mass is 32.2. The third-order valence-electron chi connectivity index (χ3n) is 3.45. The maximum Gasteiger partial charge on any atom is 0.252 e. The van der Waals surface area contributed by atoms with Crippen LogP contribution in [-0.4, -0.2) is 24.4 Å². The lowest BCUT2D eigenvalue weighted by Gasteiger charge is -2.27. The van der Waals surface area contributed by atoms with Gasteiger partial charge in [0, 0.05) is 13.1 Å². The van der Waals surface area contributed by atoms with Gasteiger partial charge in [0.2, 0.25) is 0 Å². The minimum Gasteiger partial charge on any atom is -0.508 e. The van der Waals surface area contributed by atoms with Crippen LogP contribution in [-0.2, 0) is 23.0 Å². The van der Waals surface area contributed by atoms with Gasteiger partial charge in [-0.2, -0.15) is 9.57 Å². The van der Waals surface area contributed by atoms with Crippen molar-refractivity contribution in [1.82, 2.24) is 4.31 Å². The maximum atomic E-state index is 12.6. The van der Waals surface area contributed by atoms with Crippen LogP contribution in [0.4, 0.5) is 0 Å². The van der Waals surface area contributed by atoms with E-state index < -0.39 is 10.0 Å². The van der Waals surface area contributed by atoms with E-state index in [9.17, 15) is 13.5 Å². The van der Waals surface area contributed by atoms with Gasteiger partial charge in [-0.1, -0.05) is 6.07 Å². The van der Waals surface area contributed by atoms with Gasteiger partial charge in [0.1, 0.15) is 20.9 Å². The van der Waals surface area contributed by atoms with Crippen LogP contribution in [0.1, 0.15) is 16.0 Å². The molecule has 108 valence electrons. The highest BCUT2D eigenvalue weighted by Crippen LogP contribution is 2.30. The van der Waals surface area contributed by atoms with Gasteiger partial charge in [-0.15, -0.1) is 11.3 Å². The van der Waals surface area contributed by atoms with E-state index >= 15 is 0 Å². The van der Waals surface area contributed by atoms with Crippen LogP contribution in [0.3, 0.4) is 0 Å². The van der Waals surface area contributed by atoms with E-state index in [0.717, 1.165) is 22.5 Å². The molecule has 2 aromatic rings. The lowest BCUT2D eigenvalue weighted by Crippen LogP contribution is -2.35. The van der Waals surface area contributed by atoms with E-state index in [1.807, 2.05) is 12.1 Å². The summed E-state index contributed by atoms with van der Waals surface area (Å²) in [5.41, 5.74) is 1.88. The summed E-state index contributed by atoms with van der Waals surface area (Å²) in [6, 6.07) is 9.97. The normalized spacial score (nSPS) is 15.4. The number of thiophene rings is 1. The van der Waals surface area contributed by atoms with Gasteiger partial charge >= 0.3 is 0 Å². The highest BCUT2D eigenvalue weighted by Gasteiger charge is 2.29. The molecule has 0 unspecified atom stereocenters. The highest BCUT2D eigenvalue weighted by molar-refractivity contribution is 7.91. The average molecular weight is 320 g/mol. The molecule has 3 rings (SSSR count). The van der Waals surface area contributed by atoms with Crippen molar-refractivity contribution in [1.29, 1.82) is 5.26 Å². The van der Waals surface area contributed by atoms with Crippen molar-refractivity contribution in [2.45, 2.75) is 17.2 Å². The Kier molecular flexibility index (Phi) is 3.45. The quantitative estimate of drug-likeness (QED) is 0.918. The van der Waals surface area contributed by atoms with Crippen LogP contribution in [0.5, 0.6) is 5.75 Å². The molecule has 0 bridgehead atoms. The standard InChI is InChI=1S/C14H12N2O3S2/c15-8-13-3-4-14(20-13)21(18,19)16-6-5-10-1-2-12(17)7-11(10)9-16/h1-4,7,17H,5-6,9H2. The average Bonchev–Trinajstić information content (AvgIpc) is 2.96. The summed E-state index contributed by atoms with van der Waals surface area (Å²) in [7, 11) is -3.59. The minimum atomic E-state index is -3.59. The molecule has 0 radical (unpaired) electrons. The first-order valence-electron chi connectivity index (χ1n) is 6.31. The number of aromatic hydroxyl groups is 1. The second-order valence-electron chi connectivity index (χ2n) is 4.77. The van der Waals surface area contributed by atoms with E-state index in [1.54, 1.807) is 12.1 Å². The summed E-state index contributed by atoms with van der Waals surface area (Å²) >= 11 is 0.978. The number of nitriles is 1. The van der Waals surface area contributed by atoms with Gasteiger partial charge in [0.05, 0.1) is 0 Å². The Morgan fingerprint density at radius 1 is 1.24 bits per heavy atom. The summed E-state index contributed by atoms with van der Waals surface area (Å²) < 4.78 is 26.7. The summed E-state index contributed by atoms with van der Waals surface area (Å²) in [6.07, 6.45) is 0.616. The summed E-state index contributed by atoms with van der Waals surface area (Å²) in [6.45, 7) is 0.645. The molecule has 1 aliphatic rings. The lowest BCUT2D eigenvalue weighted by atomic mass is 10.0. The molecule has 5 nitrogen and oxygen atoms in total. The third kappa shape index (κ3) is 2.53. The Labute approximate surface area is 126 Å². The number of hydrogen-bond donors (Lipinski definition) is 1. The topological polar surface area (TPSA) is 81.4 Å². The van der Waals surface area contributed by atoms with Crippen molar-refractivity contribution in [2.24, 2.45) is 0 Å². The minimum absolute atomic E-state index is 0.135. The first-order valence-corrected chi connectivity index (χ1v) is 8.57. The summed E-state index contributed by atoms with van der Waals surface area (Å²) in [5.74, 6) is 0.135. The molecule has 0 spiro atoms. The van der Waals surface area contributed by atoms with E-state index in [4.69, 9.17) is 5.26 Å². The van der Waals surface area contributed by atoms with Gasteiger partial charge in [-0.05, 0) is 41.8 Å². The van der Waals surface area contributed by atoms with Crippen LogP contribution >= 0.6 is 11.3 Å². The predicted octanol–water partition coefficient (Wildman–Crippen LogP) is 2.07. The van der Waals surface area contributed by atoms with Gasteiger partial charge in [-0.3, -0.25) is 0 Å². The van der Waals surface area contributed by atoms with Crippen molar-refractivity contribution in [3.8, 4) is 11.8 Å². The number of phenols is 1. The smallest absolute Gasteiger partial charge is 0.252 e. The van der Waals surface area contributed by atoms with Gasteiger partial charge in [0.15, 0.2) is 0 Å². The second-order valence-corrected chi connectivity index (χ2v) is 8.02. The number of sulfonamides is 1. The van der Waals surface area contributed by atoms with Crippen molar-refractivity contribution >= 4 is 21.4 Å². The Hall–Kier alpha value is -1.88. The second kappa shape index (κ2) is 5.15. The third-order valence-corrected chi connectivity index (χ3v) is 6.76.